The summed E-state index contributed by atoms with van der Waals surface area (Å²) in [7, 11) is 0. The first-order chi connectivity index (χ1) is 8.58. The highest BCUT2D eigenvalue weighted by molar-refractivity contribution is 5.70. The van der Waals surface area contributed by atoms with Crippen LogP contribution in [-0.4, -0.2) is 29.1 Å². The molecule has 3 heteroatoms. The first-order valence-electron chi connectivity index (χ1n) is 6.61. The zero-order chi connectivity index (χ0) is 13.1. The van der Waals surface area contributed by atoms with Crippen molar-refractivity contribution in [3.63, 3.8) is 0 Å². The second-order valence-corrected chi connectivity index (χ2v) is 5.26. The van der Waals surface area contributed by atoms with Gasteiger partial charge in [0.05, 0.1) is 5.92 Å². The minimum absolute atomic E-state index is 0.203. The number of carboxylic acids is 1. The second kappa shape index (κ2) is 5.53. The highest BCUT2D eigenvalue weighted by Gasteiger charge is 2.28. The molecular formula is C15H21NO2. The van der Waals surface area contributed by atoms with Crippen LogP contribution >= 0.6 is 0 Å². The van der Waals surface area contributed by atoms with Gasteiger partial charge in [-0.15, -0.1) is 0 Å². The van der Waals surface area contributed by atoms with Crippen molar-refractivity contribution in [2.45, 2.75) is 32.7 Å². The molecule has 0 saturated carbocycles. The first kappa shape index (κ1) is 13.1. The molecule has 2 unspecified atom stereocenters. The molecule has 2 atom stereocenters. The van der Waals surface area contributed by atoms with E-state index in [1.807, 2.05) is 0 Å². The Kier molecular flexibility index (Phi) is 4.02. The summed E-state index contributed by atoms with van der Waals surface area (Å²) >= 11 is 0. The molecule has 1 aliphatic rings. The van der Waals surface area contributed by atoms with Gasteiger partial charge >= 0.3 is 5.97 Å². The van der Waals surface area contributed by atoms with Crippen LogP contribution in [0.25, 0.3) is 0 Å². The van der Waals surface area contributed by atoms with E-state index in [2.05, 4.69) is 43.0 Å². The maximum Gasteiger partial charge on any atom is 0.307 e. The zero-order valence-corrected chi connectivity index (χ0v) is 11.1. The van der Waals surface area contributed by atoms with E-state index in [0.29, 0.717) is 12.6 Å². The van der Waals surface area contributed by atoms with Crippen molar-refractivity contribution in [1.82, 2.24) is 4.90 Å². The molecule has 0 aliphatic carbocycles. The molecule has 98 valence electrons. The lowest BCUT2D eigenvalue weighted by atomic mass is 9.95. The molecule has 2 rings (SSSR count). The van der Waals surface area contributed by atoms with Crippen molar-refractivity contribution < 1.29 is 9.90 Å². The first-order valence-corrected chi connectivity index (χ1v) is 6.61. The van der Waals surface area contributed by atoms with Crippen molar-refractivity contribution in [2.75, 3.05) is 13.1 Å². The summed E-state index contributed by atoms with van der Waals surface area (Å²) < 4.78 is 0. The van der Waals surface area contributed by atoms with E-state index < -0.39 is 5.97 Å². The van der Waals surface area contributed by atoms with E-state index >= 15 is 0 Å². The van der Waals surface area contributed by atoms with Crippen LogP contribution in [0.1, 0.15) is 36.9 Å². The normalized spacial score (nSPS) is 22.7. The third-order valence-corrected chi connectivity index (χ3v) is 3.87. The molecule has 0 aromatic heterocycles. The molecule has 18 heavy (non-hydrogen) atoms. The summed E-state index contributed by atoms with van der Waals surface area (Å²) in [6, 6.07) is 8.77. The van der Waals surface area contributed by atoms with Crippen LogP contribution in [-0.2, 0) is 4.79 Å². The number of hydrogen-bond donors (Lipinski definition) is 1. The molecule has 1 fully saturated rings. The largest absolute Gasteiger partial charge is 0.481 e. The van der Waals surface area contributed by atoms with Crippen molar-refractivity contribution in [1.29, 1.82) is 0 Å². The SMILES string of the molecule is Cc1cccc(C(C)N2CCCC(C(=O)O)C2)c1. The van der Waals surface area contributed by atoms with Gasteiger partial charge in [-0.1, -0.05) is 29.8 Å². The van der Waals surface area contributed by atoms with Crippen LogP contribution < -0.4 is 0 Å². The number of hydrogen-bond acceptors (Lipinski definition) is 2. The molecule has 1 aliphatic heterocycles. The lowest BCUT2D eigenvalue weighted by Crippen LogP contribution is -2.40. The van der Waals surface area contributed by atoms with E-state index in [1.165, 1.54) is 11.1 Å². The van der Waals surface area contributed by atoms with Gasteiger partial charge in [0.1, 0.15) is 0 Å². The van der Waals surface area contributed by atoms with E-state index in [4.69, 9.17) is 5.11 Å². The molecule has 1 aromatic rings. The van der Waals surface area contributed by atoms with Crippen LogP contribution in [0.4, 0.5) is 0 Å². The molecule has 1 saturated heterocycles. The van der Waals surface area contributed by atoms with Crippen molar-refractivity contribution in [3.05, 3.63) is 35.4 Å². The Hall–Kier alpha value is -1.35. The molecule has 1 aromatic carbocycles. The molecule has 1 N–H and O–H groups in total. The fourth-order valence-electron chi connectivity index (χ4n) is 2.70. The quantitative estimate of drug-likeness (QED) is 0.893. The lowest BCUT2D eigenvalue weighted by molar-refractivity contribution is -0.143. The number of benzene rings is 1. The number of carboxylic acid groups (broad SMARTS) is 1. The van der Waals surface area contributed by atoms with Gasteiger partial charge in [-0.25, -0.2) is 0 Å². The van der Waals surface area contributed by atoms with Crippen molar-refractivity contribution >= 4 is 5.97 Å². The molecule has 1 heterocycles. The molecule has 0 radical (unpaired) electrons. The fraction of sp³-hybridized carbons (Fsp3) is 0.533. The zero-order valence-electron chi connectivity index (χ0n) is 11.1. The summed E-state index contributed by atoms with van der Waals surface area (Å²) in [5, 5.41) is 9.13. The number of carbonyl (C=O) groups is 1. The standard InChI is InChI=1S/C15H21NO2/c1-11-5-3-6-13(9-11)12(2)16-8-4-7-14(10-16)15(17)18/h3,5-6,9,12,14H,4,7-8,10H2,1-2H3,(H,17,18). The van der Waals surface area contributed by atoms with E-state index in [1.54, 1.807) is 0 Å². The van der Waals surface area contributed by atoms with Crippen LogP contribution in [0.5, 0.6) is 0 Å². The number of rotatable bonds is 3. The van der Waals surface area contributed by atoms with Crippen LogP contribution in [0, 0.1) is 12.8 Å². The van der Waals surface area contributed by atoms with E-state index in [9.17, 15) is 4.79 Å². The minimum Gasteiger partial charge on any atom is -0.481 e. The number of aryl methyl sites for hydroxylation is 1. The third-order valence-electron chi connectivity index (χ3n) is 3.87. The van der Waals surface area contributed by atoms with Gasteiger partial charge < -0.3 is 5.11 Å². The Labute approximate surface area is 108 Å². The number of piperidine rings is 1. The summed E-state index contributed by atoms with van der Waals surface area (Å²) in [6.45, 7) is 5.93. The van der Waals surface area contributed by atoms with Gasteiger partial charge in [-0.3, -0.25) is 9.69 Å². The topological polar surface area (TPSA) is 40.5 Å². The number of nitrogens with zero attached hydrogens (tertiary/aromatic N) is 1. The molecule has 0 spiro atoms. The Morgan fingerprint density at radius 3 is 2.94 bits per heavy atom. The molecule has 3 nitrogen and oxygen atoms in total. The van der Waals surface area contributed by atoms with Crippen molar-refractivity contribution in [3.8, 4) is 0 Å². The average Bonchev–Trinajstić information content (AvgIpc) is 2.38. The van der Waals surface area contributed by atoms with Gasteiger partial charge in [0, 0.05) is 12.6 Å². The lowest BCUT2D eigenvalue weighted by Gasteiger charge is -2.35. The van der Waals surface area contributed by atoms with Crippen LogP contribution in [0.2, 0.25) is 0 Å². The van der Waals surface area contributed by atoms with Gasteiger partial charge in [-0.2, -0.15) is 0 Å². The summed E-state index contributed by atoms with van der Waals surface area (Å²) in [5.41, 5.74) is 2.53. The Balaban J connectivity index is 2.09. The Morgan fingerprint density at radius 1 is 1.50 bits per heavy atom. The number of likely N-dealkylation sites (tertiary alicyclic amines) is 1. The Morgan fingerprint density at radius 2 is 2.28 bits per heavy atom. The highest BCUT2D eigenvalue weighted by Crippen LogP contribution is 2.27. The highest BCUT2D eigenvalue weighted by atomic mass is 16.4. The van der Waals surface area contributed by atoms with E-state index in [-0.39, 0.29) is 5.92 Å². The van der Waals surface area contributed by atoms with Gasteiger partial charge in [-0.05, 0) is 38.8 Å². The van der Waals surface area contributed by atoms with Crippen LogP contribution in [0.15, 0.2) is 24.3 Å². The summed E-state index contributed by atoms with van der Waals surface area (Å²) in [5.74, 6) is -0.859. The van der Waals surface area contributed by atoms with E-state index in [0.717, 1.165) is 19.4 Å². The predicted octanol–water partition coefficient (Wildman–Crippen LogP) is 2.85. The molecular weight excluding hydrogens is 226 g/mol. The fourth-order valence-corrected chi connectivity index (χ4v) is 2.70. The molecule has 0 bridgehead atoms. The van der Waals surface area contributed by atoms with Gasteiger partial charge in [0.25, 0.3) is 0 Å². The monoisotopic (exact) mass is 247 g/mol. The smallest absolute Gasteiger partial charge is 0.307 e. The second-order valence-electron chi connectivity index (χ2n) is 5.26. The maximum atomic E-state index is 11.1. The van der Waals surface area contributed by atoms with Gasteiger partial charge in [0.2, 0.25) is 0 Å². The van der Waals surface area contributed by atoms with Gasteiger partial charge in [0.15, 0.2) is 0 Å². The summed E-state index contributed by atoms with van der Waals surface area (Å²) in [6.07, 6.45) is 1.79. The molecule has 0 amide bonds. The minimum atomic E-state index is -0.656. The number of aliphatic carboxylic acids is 1. The predicted molar refractivity (Wildman–Crippen MR) is 71.5 cm³/mol. The van der Waals surface area contributed by atoms with Crippen molar-refractivity contribution in [2.24, 2.45) is 5.92 Å². The maximum absolute atomic E-state index is 11.1. The Bertz CT molecular complexity index is 430. The third kappa shape index (κ3) is 2.91. The summed E-state index contributed by atoms with van der Waals surface area (Å²) in [4.78, 5) is 13.4. The van der Waals surface area contributed by atoms with Crippen LogP contribution in [0.3, 0.4) is 0 Å². The average molecular weight is 247 g/mol.